The van der Waals surface area contributed by atoms with Gasteiger partial charge in [-0.25, -0.2) is 0 Å². The van der Waals surface area contributed by atoms with E-state index in [9.17, 15) is 0 Å². The Balaban J connectivity index is 1.88. The number of nitrogens with one attached hydrogen (secondary N) is 1. The molecule has 1 atom stereocenters. The Bertz CT molecular complexity index is 410. The highest BCUT2D eigenvalue weighted by molar-refractivity contribution is 5.28. The molecule has 1 aliphatic rings. The van der Waals surface area contributed by atoms with Crippen molar-refractivity contribution >= 4 is 0 Å². The summed E-state index contributed by atoms with van der Waals surface area (Å²) in [5.41, 5.74) is 1.32. The van der Waals surface area contributed by atoms with E-state index in [1.54, 1.807) is 0 Å². The molecule has 0 saturated heterocycles. The first kappa shape index (κ1) is 16.4. The molecule has 1 saturated carbocycles. The molecular weight excluding hydrogens is 258 g/mol. The average molecular weight is 289 g/mol. The smallest absolute Gasteiger partial charge is 0.120 e. The van der Waals surface area contributed by atoms with Crippen molar-refractivity contribution in [3.05, 3.63) is 29.8 Å². The van der Waals surface area contributed by atoms with Crippen molar-refractivity contribution in [1.82, 2.24) is 5.32 Å². The molecule has 0 heterocycles. The van der Waals surface area contributed by atoms with Crippen LogP contribution in [0.3, 0.4) is 0 Å². The van der Waals surface area contributed by atoms with Gasteiger partial charge < -0.3 is 10.1 Å². The van der Waals surface area contributed by atoms with Crippen LogP contribution in [0.2, 0.25) is 0 Å². The summed E-state index contributed by atoms with van der Waals surface area (Å²) in [5, 5.41) is 3.78. The zero-order valence-corrected chi connectivity index (χ0v) is 13.9. The lowest BCUT2D eigenvalue weighted by molar-refractivity contribution is 0.241. The summed E-state index contributed by atoms with van der Waals surface area (Å²) in [5.74, 6) is 1.86. The molecule has 2 rings (SSSR count). The van der Waals surface area contributed by atoms with Crippen molar-refractivity contribution in [2.45, 2.75) is 78.0 Å². The molecule has 118 valence electrons. The topological polar surface area (TPSA) is 21.3 Å². The molecule has 21 heavy (non-hydrogen) atoms. The summed E-state index contributed by atoms with van der Waals surface area (Å²) in [4.78, 5) is 0. The highest BCUT2D eigenvalue weighted by Gasteiger charge is 2.21. The molecule has 1 aromatic carbocycles. The van der Waals surface area contributed by atoms with Crippen LogP contribution in [0.4, 0.5) is 0 Å². The number of hydrogen-bond donors (Lipinski definition) is 1. The van der Waals surface area contributed by atoms with Gasteiger partial charge in [0.2, 0.25) is 0 Å². The van der Waals surface area contributed by atoms with Gasteiger partial charge in [0.25, 0.3) is 0 Å². The standard InChI is InChI=1S/C19H31NO/c1-4-19(17-10-6-5-7-11-17)20-14-16-9-8-12-18(13-16)21-15(2)3/h8-9,12-13,15,17,19-20H,4-7,10-11,14H2,1-3H3. The van der Waals surface area contributed by atoms with Crippen LogP contribution in [0.15, 0.2) is 24.3 Å². The highest BCUT2D eigenvalue weighted by Crippen LogP contribution is 2.28. The SMILES string of the molecule is CCC(NCc1cccc(OC(C)C)c1)C1CCCCC1. The van der Waals surface area contributed by atoms with Crippen molar-refractivity contribution in [2.24, 2.45) is 5.92 Å². The van der Waals surface area contributed by atoms with Gasteiger partial charge in [0.15, 0.2) is 0 Å². The fourth-order valence-electron chi connectivity index (χ4n) is 3.43. The minimum atomic E-state index is 0.235. The number of rotatable bonds is 7. The molecule has 2 nitrogen and oxygen atoms in total. The Morgan fingerprint density at radius 3 is 2.62 bits per heavy atom. The van der Waals surface area contributed by atoms with Gasteiger partial charge in [0.05, 0.1) is 6.10 Å². The Morgan fingerprint density at radius 2 is 1.95 bits per heavy atom. The van der Waals surface area contributed by atoms with E-state index in [2.05, 4.69) is 44.3 Å². The van der Waals surface area contributed by atoms with E-state index in [1.807, 2.05) is 6.07 Å². The van der Waals surface area contributed by atoms with Gasteiger partial charge in [-0.2, -0.15) is 0 Å². The lowest BCUT2D eigenvalue weighted by Crippen LogP contribution is -2.36. The van der Waals surface area contributed by atoms with E-state index in [0.29, 0.717) is 6.04 Å². The maximum Gasteiger partial charge on any atom is 0.120 e. The molecule has 0 spiro atoms. The van der Waals surface area contributed by atoms with Crippen LogP contribution in [-0.2, 0) is 6.54 Å². The minimum Gasteiger partial charge on any atom is -0.491 e. The van der Waals surface area contributed by atoms with Crippen molar-refractivity contribution in [3.8, 4) is 5.75 Å². The minimum absolute atomic E-state index is 0.235. The number of ether oxygens (including phenoxy) is 1. The van der Waals surface area contributed by atoms with E-state index >= 15 is 0 Å². The molecule has 1 N–H and O–H groups in total. The van der Waals surface area contributed by atoms with Gasteiger partial charge in [-0.1, -0.05) is 38.3 Å². The second kappa shape index (κ2) is 8.43. The zero-order valence-electron chi connectivity index (χ0n) is 13.9. The fraction of sp³-hybridized carbons (Fsp3) is 0.684. The average Bonchev–Trinajstić information content (AvgIpc) is 2.49. The van der Waals surface area contributed by atoms with Gasteiger partial charge in [-0.15, -0.1) is 0 Å². The number of benzene rings is 1. The predicted octanol–water partition coefficient (Wildman–Crippen LogP) is 4.92. The van der Waals surface area contributed by atoms with Crippen LogP contribution in [0.5, 0.6) is 5.75 Å². The molecule has 1 aliphatic carbocycles. The van der Waals surface area contributed by atoms with Gasteiger partial charge in [-0.05, 0) is 56.7 Å². The normalized spacial score (nSPS) is 17.9. The summed E-state index contributed by atoms with van der Waals surface area (Å²) >= 11 is 0. The first-order chi connectivity index (χ1) is 10.2. The van der Waals surface area contributed by atoms with Crippen LogP contribution in [0, 0.1) is 5.92 Å². The lowest BCUT2D eigenvalue weighted by atomic mass is 9.83. The molecule has 0 radical (unpaired) electrons. The Kier molecular flexibility index (Phi) is 6.56. The first-order valence-electron chi connectivity index (χ1n) is 8.68. The Labute approximate surface area is 130 Å². The van der Waals surface area contributed by atoms with Crippen molar-refractivity contribution in [3.63, 3.8) is 0 Å². The van der Waals surface area contributed by atoms with Gasteiger partial charge in [-0.3, -0.25) is 0 Å². The lowest BCUT2D eigenvalue weighted by Gasteiger charge is -2.30. The molecule has 1 aromatic rings. The summed E-state index contributed by atoms with van der Waals surface area (Å²) in [7, 11) is 0. The maximum absolute atomic E-state index is 5.78. The summed E-state index contributed by atoms with van der Waals surface area (Å²) in [6, 6.07) is 9.16. The van der Waals surface area contributed by atoms with E-state index in [0.717, 1.165) is 18.2 Å². The van der Waals surface area contributed by atoms with Crippen LogP contribution in [0.25, 0.3) is 0 Å². The summed E-state index contributed by atoms with van der Waals surface area (Å²) in [6.45, 7) is 7.40. The molecule has 2 heteroatoms. The molecule has 1 fully saturated rings. The Hall–Kier alpha value is -1.02. The van der Waals surface area contributed by atoms with E-state index in [4.69, 9.17) is 4.74 Å². The third kappa shape index (κ3) is 5.35. The van der Waals surface area contributed by atoms with Crippen molar-refractivity contribution in [1.29, 1.82) is 0 Å². The molecule has 0 aromatic heterocycles. The number of hydrogen-bond acceptors (Lipinski definition) is 2. The van der Waals surface area contributed by atoms with E-state index in [-0.39, 0.29) is 6.10 Å². The monoisotopic (exact) mass is 289 g/mol. The molecule has 1 unspecified atom stereocenters. The third-order valence-electron chi connectivity index (χ3n) is 4.50. The quantitative estimate of drug-likeness (QED) is 0.769. The second-order valence-corrected chi connectivity index (χ2v) is 6.61. The van der Waals surface area contributed by atoms with Gasteiger partial charge in [0.1, 0.15) is 5.75 Å². The zero-order chi connectivity index (χ0) is 15.1. The van der Waals surface area contributed by atoms with Crippen molar-refractivity contribution < 1.29 is 4.74 Å². The van der Waals surface area contributed by atoms with Crippen molar-refractivity contribution in [2.75, 3.05) is 0 Å². The van der Waals surface area contributed by atoms with Gasteiger partial charge >= 0.3 is 0 Å². The van der Waals surface area contributed by atoms with E-state index < -0.39 is 0 Å². The molecule has 0 bridgehead atoms. The van der Waals surface area contributed by atoms with Gasteiger partial charge in [0, 0.05) is 12.6 Å². The molecule has 0 aliphatic heterocycles. The highest BCUT2D eigenvalue weighted by atomic mass is 16.5. The molecular formula is C19H31NO. The largest absolute Gasteiger partial charge is 0.491 e. The third-order valence-corrected chi connectivity index (χ3v) is 4.50. The Morgan fingerprint density at radius 1 is 1.19 bits per heavy atom. The van der Waals surface area contributed by atoms with Crippen LogP contribution >= 0.6 is 0 Å². The molecule has 0 amide bonds. The summed E-state index contributed by atoms with van der Waals surface area (Å²) < 4.78 is 5.78. The van der Waals surface area contributed by atoms with Crippen LogP contribution < -0.4 is 10.1 Å². The maximum atomic E-state index is 5.78. The fourth-order valence-corrected chi connectivity index (χ4v) is 3.43. The summed E-state index contributed by atoms with van der Waals surface area (Å²) in [6.07, 6.45) is 8.54. The van der Waals surface area contributed by atoms with E-state index in [1.165, 1.54) is 44.1 Å². The van der Waals surface area contributed by atoms with Crippen LogP contribution in [0.1, 0.15) is 64.9 Å². The predicted molar refractivity (Wildman–Crippen MR) is 89.7 cm³/mol. The second-order valence-electron chi connectivity index (χ2n) is 6.61. The van der Waals surface area contributed by atoms with Crippen LogP contribution in [-0.4, -0.2) is 12.1 Å². The first-order valence-corrected chi connectivity index (χ1v) is 8.68.